The average Bonchev–Trinajstić information content (AvgIpc) is 3.81. The van der Waals surface area contributed by atoms with Gasteiger partial charge in [0.1, 0.15) is 11.5 Å². The fourth-order valence-corrected chi connectivity index (χ4v) is 5.24. The van der Waals surface area contributed by atoms with Crippen molar-refractivity contribution < 1.29 is 97.2 Å². The molecule has 1 N–H and O–H groups in total. The van der Waals surface area contributed by atoms with Crippen molar-refractivity contribution in [1.82, 2.24) is 9.88 Å². The minimum absolute atomic E-state index is 0. The van der Waals surface area contributed by atoms with Crippen LogP contribution in [-0.4, -0.2) is 49.2 Å². The molecule has 5 rings (SSSR count). The summed E-state index contributed by atoms with van der Waals surface area (Å²) in [6.07, 6.45) is 3.46. The molecule has 2 aliphatic rings. The molecule has 1 aromatic heterocycles. The van der Waals surface area contributed by atoms with Gasteiger partial charge in [-0.3, -0.25) is 9.59 Å². The van der Waals surface area contributed by atoms with Crippen molar-refractivity contribution in [3.8, 4) is 5.75 Å². The number of fused-ring (bicyclic) bond motifs is 1. The molecule has 2 fully saturated rings. The van der Waals surface area contributed by atoms with E-state index in [0.717, 1.165) is 18.9 Å². The number of rotatable bonds is 8. The van der Waals surface area contributed by atoms with Gasteiger partial charge in [-0.25, -0.2) is 8.78 Å². The van der Waals surface area contributed by atoms with Crippen molar-refractivity contribution in [3.05, 3.63) is 80.7 Å². The van der Waals surface area contributed by atoms with Crippen LogP contribution < -0.4 is 89.7 Å². The standard InChI is InChI=1S/C29H27F2N3O7.2Na/c1-41-26-23-19(25(35)20(29(39)40)14-34(23)16-8-9-16)11-21(30)24(26)33-10-4-5-15(13-33)22(31)12-32-27(36)17-6-2-3-7-18(17)28(37)38;;/h2-3,6-7,11,14,16H,4-5,8-10,12-13H2,1H3,(H,32,36)(H,37,38)(H,39,40);;/q;2*+1/p-2/b22-15+;;. The first-order chi connectivity index (χ1) is 19.6. The van der Waals surface area contributed by atoms with Crippen molar-refractivity contribution in [2.24, 2.45) is 0 Å². The number of pyridine rings is 1. The van der Waals surface area contributed by atoms with E-state index in [0.29, 0.717) is 25.0 Å². The third-order valence-electron chi connectivity index (χ3n) is 7.35. The van der Waals surface area contributed by atoms with Crippen LogP contribution in [-0.2, 0) is 0 Å². The van der Waals surface area contributed by atoms with E-state index in [9.17, 15) is 29.4 Å². The molecule has 43 heavy (non-hydrogen) atoms. The molecular weight excluding hydrogens is 586 g/mol. The monoisotopic (exact) mass is 611 g/mol. The molecule has 1 saturated carbocycles. The number of carbonyl (C=O) groups is 3. The molecule has 10 nitrogen and oxygen atoms in total. The number of halogens is 2. The van der Waals surface area contributed by atoms with E-state index in [4.69, 9.17) is 4.74 Å². The SMILES string of the molecule is COc1c(N2CCC/C(=C(\F)CNC(=O)c3ccccc3C(=O)[O-])C2)c(F)cc2c(=O)c(C(=O)[O-])cn(C3CC3)c12.[Na+].[Na+]. The largest absolute Gasteiger partial charge is 1.00 e. The Morgan fingerprint density at radius 2 is 1.72 bits per heavy atom. The van der Waals surface area contributed by atoms with Crippen LogP contribution in [0.2, 0.25) is 0 Å². The summed E-state index contributed by atoms with van der Waals surface area (Å²) in [6.45, 7) is -0.208. The molecular formula is C29H25F2N3Na2O7. The summed E-state index contributed by atoms with van der Waals surface area (Å²) >= 11 is 0. The first-order valence-corrected chi connectivity index (χ1v) is 13.0. The van der Waals surface area contributed by atoms with Gasteiger partial charge in [-0.15, -0.1) is 0 Å². The molecule has 1 saturated heterocycles. The summed E-state index contributed by atoms with van der Waals surface area (Å²) < 4.78 is 38.1. The quantitative estimate of drug-likeness (QED) is 0.251. The maximum Gasteiger partial charge on any atom is 1.00 e. The molecule has 0 unspecified atom stereocenters. The van der Waals surface area contributed by atoms with Crippen LogP contribution in [0.5, 0.6) is 5.75 Å². The molecule has 0 atom stereocenters. The fraction of sp³-hybridized carbons (Fsp3) is 0.310. The number of hydrogen-bond acceptors (Lipinski definition) is 8. The van der Waals surface area contributed by atoms with Crippen molar-refractivity contribution in [1.29, 1.82) is 0 Å². The number of aromatic nitrogens is 1. The number of benzene rings is 2. The number of methoxy groups -OCH3 is 1. The number of carboxylic acid groups (broad SMARTS) is 2. The maximum atomic E-state index is 15.6. The van der Waals surface area contributed by atoms with Crippen molar-refractivity contribution in [2.45, 2.75) is 31.7 Å². The Morgan fingerprint density at radius 3 is 2.33 bits per heavy atom. The number of ether oxygens (including phenoxy) is 1. The molecule has 14 heteroatoms. The number of amides is 1. The summed E-state index contributed by atoms with van der Waals surface area (Å²) in [4.78, 5) is 49.9. The van der Waals surface area contributed by atoms with E-state index >= 15 is 8.78 Å². The molecule has 3 aromatic rings. The van der Waals surface area contributed by atoms with Crippen LogP contribution in [0.4, 0.5) is 14.5 Å². The number of nitrogens with one attached hydrogen (secondary N) is 1. The zero-order valence-corrected chi connectivity index (χ0v) is 28.0. The second-order valence-electron chi connectivity index (χ2n) is 9.98. The van der Waals surface area contributed by atoms with E-state index in [2.05, 4.69) is 5.32 Å². The minimum atomic E-state index is -1.66. The van der Waals surface area contributed by atoms with Crippen molar-refractivity contribution in [2.75, 3.05) is 31.6 Å². The van der Waals surface area contributed by atoms with Crippen LogP contribution in [0.3, 0.4) is 0 Å². The molecule has 214 valence electrons. The van der Waals surface area contributed by atoms with Gasteiger partial charge >= 0.3 is 59.1 Å². The summed E-state index contributed by atoms with van der Waals surface area (Å²) in [5.41, 5.74) is -1.39. The zero-order chi connectivity index (χ0) is 29.4. The molecule has 0 bridgehead atoms. The van der Waals surface area contributed by atoms with Gasteiger partial charge in [-0.05, 0) is 43.4 Å². The van der Waals surface area contributed by atoms with Gasteiger partial charge in [-0.1, -0.05) is 18.2 Å². The van der Waals surface area contributed by atoms with Gasteiger partial charge < -0.3 is 39.3 Å². The predicted octanol–water partition coefficient (Wildman–Crippen LogP) is -4.53. The second-order valence-corrected chi connectivity index (χ2v) is 9.98. The number of anilines is 1. The fourth-order valence-electron chi connectivity index (χ4n) is 5.24. The summed E-state index contributed by atoms with van der Waals surface area (Å²) in [5, 5.41) is 25.1. The van der Waals surface area contributed by atoms with E-state index < -0.39 is 47.0 Å². The van der Waals surface area contributed by atoms with Crippen LogP contribution in [0.25, 0.3) is 10.9 Å². The number of aromatic carboxylic acids is 2. The van der Waals surface area contributed by atoms with Gasteiger partial charge in [0.15, 0.2) is 17.0 Å². The Hall–Kier alpha value is -2.74. The van der Waals surface area contributed by atoms with Crippen LogP contribution in [0.1, 0.15) is 62.8 Å². The van der Waals surface area contributed by atoms with Crippen molar-refractivity contribution in [3.63, 3.8) is 0 Å². The third-order valence-corrected chi connectivity index (χ3v) is 7.35. The molecule has 2 heterocycles. The Balaban J connectivity index is 0.00000253. The summed E-state index contributed by atoms with van der Waals surface area (Å²) in [6, 6.07) is 6.30. The predicted molar refractivity (Wildman–Crippen MR) is 140 cm³/mol. The first-order valence-electron chi connectivity index (χ1n) is 13.0. The van der Waals surface area contributed by atoms with E-state index in [1.54, 1.807) is 9.47 Å². The second kappa shape index (κ2) is 14.4. The Morgan fingerprint density at radius 1 is 1.07 bits per heavy atom. The zero-order valence-electron chi connectivity index (χ0n) is 24.0. The summed E-state index contributed by atoms with van der Waals surface area (Å²) in [5.74, 6) is -5.44. The molecule has 1 amide bonds. The molecule has 1 aliphatic heterocycles. The molecule has 1 aliphatic carbocycles. The smallest absolute Gasteiger partial charge is 0.545 e. The van der Waals surface area contributed by atoms with Crippen LogP contribution >= 0.6 is 0 Å². The van der Waals surface area contributed by atoms with Gasteiger partial charge in [0, 0.05) is 36.5 Å². The number of nitrogens with zero attached hydrogens (tertiary/aromatic N) is 2. The summed E-state index contributed by atoms with van der Waals surface area (Å²) in [7, 11) is 1.31. The Bertz CT molecular complexity index is 1690. The Labute approximate surface area is 289 Å². The van der Waals surface area contributed by atoms with Gasteiger partial charge in [0.2, 0.25) is 0 Å². The number of hydrogen-bond donors (Lipinski definition) is 1. The number of carboxylic acids is 2. The molecule has 2 aromatic carbocycles. The average molecular weight is 612 g/mol. The number of carbonyl (C=O) groups excluding carboxylic acids is 3. The third kappa shape index (κ3) is 7.00. The van der Waals surface area contributed by atoms with Gasteiger partial charge in [0.25, 0.3) is 5.91 Å². The van der Waals surface area contributed by atoms with E-state index in [1.807, 2.05) is 0 Å². The Kier molecular flexibility index (Phi) is 11.6. The van der Waals surface area contributed by atoms with Gasteiger partial charge in [0.05, 0.1) is 42.1 Å². The van der Waals surface area contributed by atoms with Gasteiger partial charge in [-0.2, -0.15) is 0 Å². The van der Waals surface area contributed by atoms with E-state index in [1.165, 1.54) is 37.6 Å². The van der Waals surface area contributed by atoms with Crippen LogP contribution in [0, 0.1) is 5.82 Å². The normalized spacial score (nSPS) is 15.7. The maximum absolute atomic E-state index is 15.6. The van der Waals surface area contributed by atoms with E-state index in [-0.39, 0.29) is 105 Å². The number of piperidine rings is 1. The topological polar surface area (TPSA) is 144 Å². The first kappa shape index (κ1) is 34.7. The molecule has 0 radical (unpaired) electrons. The molecule has 0 spiro atoms. The van der Waals surface area contributed by atoms with Crippen LogP contribution in [0.15, 0.2) is 52.7 Å². The van der Waals surface area contributed by atoms with Crippen molar-refractivity contribution >= 4 is 34.4 Å². The minimum Gasteiger partial charge on any atom is -0.545 e.